The van der Waals surface area contributed by atoms with Crippen LogP contribution in [0.4, 0.5) is 0 Å². The van der Waals surface area contributed by atoms with E-state index >= 15 is 0 Å². The molecule has 0 saturated heterocycles. The average molecular weight is 609 g/mol. The van der Waals surface area contributed by atoms with Gasteiger partial charge in [-0.3, -0.25) is 4.57 Å². The van der Waals surface area contributed by atoms with Crippen LogP contribution in [0.15, 0.2) is 90.6 Å². The van der Waals surface area contributed by atoms with Crippen LogP contribution in [-0.4, -0.2) is 19.3 Å². The minimum absolute atomic E-state index is 0.337. The largest absolute Gasteiger partial charge is 0.457 e. The Labute approximate surface area is 272 Å². The SMILES string of the molecule is CCc1c(C2C(C)=CCC[C@@H]2C)c(C)nn1-c1cc(Oc2ccc3c4ccccc4n(-c4cc(C)ccn4)c3c2)cc(C(C)C)c1. The summed E-state index contributed by atoms with van der Waals surface area (Å²) in [6, 6.07) is 25.7. The third-order valence-corrected chi connectivity index (χ3v) is 9.84. The highest BCUT2D eigenvalue weighted by atomic mass is 16.5. The van der Waals surface area contributed by atoms with Gasteiger partial charge in [-0.1, -0.05) is 57.5 Å². The summed E-state index contributed by atoms with van der Waals surface area (Å²) in [4.78, 5) is 4.75. The van der Waals surface area contributed by atoms with Gasteiger partial charge in [-0.05, 0) is 105 Å². The highest BCUT2D eigenvalue weighted by Crippen LogP contribution is 2.42. The molecule has 7 rings (SSSR count). The molecule has 2 atom stereocenters. The smallest absolute Gasteiger partial charge is 0.137 e. The number of allylic oxidation sites excluding steroid dienone is 2. The molecule has 0 fully saturated rings. The Balaban J connectivity index is 1.34. The van der Waals surface area contributed by atoms with Crippen molar-refractivity contribution in [3.63, 3.8) is 0 Å². The minimum Gasteiger partial charge on any atom is -0.457 e. The second kappa shape index (κ2) is 11.9. The fraction of sp³-hybridized carbons (Fsp3) is 0.317. The molecule has 0 spiro atoms. The molecule has 0 saturated carbocycles. The van der Waals surface area contributed by atoms with Crippen molar-refractivity contribution in [3.8, 4) is 23.0 Å². The monoisotopic (exact) mass is 608 g/mol. The van der Waals surface area contributed by atoms with Crippen molar-refractivity contribution in [1.29, 1.82) is 0 Å². The standard InChI is InChI=1S/C41H44N4O/c1-8-36-41(40-27(5)12-11-13-28(40)6)29(7)43-45(36)31-21-30(25(2)3)22-33(23-31)46-32-16-17-35-34-14-9-10-15-37(34)44(38(35)24-32)39-20-26(4)18-19-42-39/h9-10,12,14-25,28,40H,8,11,13H2,1-7H3/t28-,40?/m0/s1. The average Bonchev–Trinajstić information content (AvgIpc) is 3.54. The summed E-state index contributed by atoms with van der Waals surface area (Å²) >= 11 is 0. The summed E-state index contributed by atoms with van der Waals surface area (Å²) in [5, 5.41) is 7.56. The highest BCUT2D eigenvalue weighted by molar-refractivity contribution is 6.09. The van der Waals surface area contributed by atoms with Crippen LogP contribution in [-0.2, 0) is 6.42 Å². The number of rotatable bonds is 7. The molecule has 0 bridgehead atoms. The van der Waals surface area contributed by atoms with Crippen LogP contribution in [0, 0.1) is 19.8 Å². The molecule has 5 heteroatoms. The van der Waals surface area contributed by atoms with E-state index < -0.39 is 0 Å². The molecule has 0 radical (unpaired) electrons. The summed E-state index contributed by atoms with van der Waals surface area (Å²) in [6.07, 6.45) is 7.62. The lowest BCUT2D eigenvalue weighted by Crippen LogP contribution is -2.17. The maximum Gasteiger partial charge on any atom is 0.137 e. The number of para-hydroxylation sites is 1. The van der Waals surface area contributed by atoms with Crippen molar-refractivity contribution in [2.24, 2.45) is 5.92 Å². The second-order valence-corrected chi connectivity index (χ2v) is 13.4. The van der Waals surface area contributed by atoms with E-state index in [1.54, 1.807) is 0 Å². The van der Waals surface area contributed by atoms with Gasteiger partial charge in [-0.2, -0.15) is 5.10 Å². The van der Waals surface area contributed by atoms with E-state index in [2.05, 4.69) is 131 Å². The number of pyridine rings is 1. The molecule has 0 amide bonds. The molecular formula is C41H44N4O. The third-order valence-electron chi connectivity index (χ3n) is 9.84. The second-order valence-electron chi connectivity index (χ2n) is 13.4. The lowest BCUT2D eigenvalue weighted by Gasteiger charge is -2.29. The fourth-order valence-electron chi connectivity index (χ4n) is 7.53. The Bertz CT molecular complexity index is 2110. The summed E-state index contributed by atoms with van der Waals surface area (Å²) in [5.74, 6) is 3.87. The topological polar surface area (TPSA) is 44.9 Å². The highest BCUT2D eigenvalue weighted by Gasteiger charge is 2.30. The number of benzene rings is 3. The van der Waals surface area contributed by atoms with Crippen molar-refractivity contribution < 1.29 is 4.74 Å². The van der Waals surface area contributed by atoms with Crippen LogP contribution in [0.3, 0.4) is 0 Å². The van der Waals surface area contributed by atoms with Gasteiger partial charge in [-0.25, -0.2) is 9.67 Å². The summed E-state index contributed by atoms with van der Waals surface area (Å²) in [5.41, 5.74) is 11.0. The van der Waals surface area contributed by atoms with Gasteiger partial charge < -0.3 is 4.74 Å². The molecule has 6 aromatic rings. The van der Waals surface area contributed by atoms with E-state index in [4.69, 9.17) is 14.8 Å². The van der Waals surface area contributed by atoms with Gasteiger partial charge in [0.25, 0.3) is 0 Å². The van der Waals surface area contributed by atoms with Gasteiger partial charge in [0.05, 0.1) is 22.4 Å². The van der Waals surface area contributed by atoms with E-state index in [9.17, 15) is 0 Å². The maximum absolute atomic E-state index is 6.73. The Kier molecular flexibility index (Phi) is 7.80. The van der Waals surface area contributed by atoms with E-state index in [0.29, 0.717) is 17.8 Å². The van der Waals surface area contributed by atoms with E-state index in [-0.39, 0.29) is 0 Å². The van der Waals surface area contributed by atoms with E-state index in [0.717, 1.165) is 46.2 Å². The first-order chi connectivity index (χ1) is 22.2. The lowest BCUT2D eigenvalue weighted by atomic mass is 9.75. The molecule has 1 unspecified atom stereocenters. The number of ether oxygens (including phenoxy) is 1. The van der Waals surface area contributed by atoms with Crippen LogP contribution in [0.2, 0.25) is 0 Å². The van der Waals surface area contributed by atoms with Gasteiger partial charge in [0.1, 0.15) is 17.3 Å². The molecule has 3 aromatic heterocycles. The van der Waals surface area contributed by atoms with E-state index in [1.165, 1.54) is 51.6 Å². The molecule has 234 valence electrons. The Hall–Kier alpha value is -4.64. The number of aromatic nitrogens is 4. The quantitative estimate of drug-likeness (QED) is 0.169. The molecule has 3 aromatic carbocycles. The predicted molar refractivity (Wildman–Crippen MR) is 190 cm³/mol. The zero-order valence-corrected chi connectivity index (χ0v) is 28.1. The number of fused-ring (bicyclic) bond motifs is 3. The van der Waals surface area contributed by atoms with Crippen molar-refractivity contribution in [2.45, 2.75) is 79.6 Å². The minimum atomic E-state index is 0.337. The Morgan fingerprint density at radius 1 is 0.891 bits per heavy atom. The number of hydrogen-bond donors (Lipinski definition) is 0. The van der Waals surface area contributed by atoms with Crippen molar-refractivity contribution in [3.05, 3.63) is 119 Å². The molecule has 0 aliphatic heterocycles. The molecule has 46 heavy (non-hydrogen) atoms. The molecule has 3 heterocycles. The lowest BCUT2D eigenvalue weighted by molar-refractivity contribution is 0.446. The first-order valence-electron chi connectivity index (χ1n) is 16.8. The Morgan fingerprint density at radius 3 is 2.46 bits per heavy atom. The zero-order chi connectivity index (χ0) is 32.1. The first-order valence-corrected chi connectivity index (χ1v) is 16.8. The van der Waals surface area contributed by atoms with Crippen LogP contribution >= 0.6 is 0 Å². The predicted octanol–water partition coefficient (Wildman–Crippen LogP) is 10.9. The van der Waals surface area contributed by atoms with Gasteiger partial charge in [-0.15, -0.1) is 0 Å². The molecule has 5 nitrogen and oxygen atoms in total. The first kappa shape index (κ1) is 30.0. The van der Waals surface area contributed by atoms with Gasteiger partial charge in [0.2, 0.25) is 0 Å². The van der Waals surface area contributed by atoms with Crippen LogP contribution in [0.1, 0.15) is 87.4 Å². The molecule has 1 aliphatic carbocycles. The van der Waals surface area contributed by atoms with Crippen molar-refractivity contribution in [2.75, 3.05) is 0 Å². The van der Waals surface area contributed by atoms with E-state index in [1.807, 2.05) is 12.3 Å². The van der Waals surface area contributed by atoms with Gasteiger partial charge in [0, 0.05) is 46.3 Å². The molecule has 1 aliphatic rings. The molecular weight excluding hydrogens is 564 g/mol. The zero-order valence-electron chi connectivity index (χ0n) is 28.1. The van der Waals surface area contributed by atoms with Gasteiger partial charge >= 0.3 is 0 Å². The van der Waals surface area contributed by atoms with Crippen molar-refractivity contribution in [1.82, 2.24) is 19.3 Å². The van der Waals surface area contributed by atoms with Gasteiger partial charge in [0.15, 0.2) is 0 Å². The fourth-order valence-corrected chi connectivity index (χ4v) is 7.53. The molecule has 0 N–H and O–H groups in total. The van der Waals surface area contributed by atoms with Crippen LogP contribution < -0.4 is 4.74 Å². The number of nitrogens with zero attached hydrogens (tertiary/aromatic N) is 4. The maximum atomic E-state index is 6.73. The Morgan fingerprint density at radius 2 is 1.70 bits per heavy atom. The third kappa shape index (κ3) is 5.22. The number of hydrogen-bond acceptors (Lipinski definition) is 3. The van der Waals surface area contributed by atoms with Crippen LogP contribution in [0.5, 0.6) is 11.5 Å². The van der Waals surface area contributed by atoms with Crippen LogP contribution in [0.25, 0.3) is 33.3 Å². The normalized spacial score (nSPS) is 16.8. The summed E-state index contributed by atoms with van der Waals surface area (Å²) in [7, 11) is 0. The number of aryl methyl sites for hydroxylation is 2. The summed E-state index contributed by atoms with van der Waals surface area (Å²) in [6.45, 7) is 15.7. The van der Waals surface area contributed by atoms with Crippen molar-refractivity contribution >= 4 is 21.8 Å². The summed E-state index contributed by atoms with van der Waals surface area (Å²) < 4.78 is 11.2.